The van der Waals surface area contributed by atoms with Crippen LogP contribution in [0.2, 0.25) is 5.02 Å². The van der Waals surface area contributed by atoms with Crippen molar-refractivity contribution in [3.05, 3.63) is 53.3 Å². The molecule has 8 heteroatoms. The average molecular weight is 396 g/mol. The Bertz CT molecular complexity index is 797. The summed E-state index contributed by atoms with van der Waals surface area (Å²) in [6.07, 6.45) is -1.03. The maximum atomic E-state index is 13.0. The third-order valence-electron chi connectivity index (χ3n) is 3.35. The molecule has 0 radical (unpaired) electrons. The van der Waals surface area contributed by atoms with E-state index in [0.29, 0.717) is 18.0 Å². The molecule has 0 heterocycles. The molecule has 0 unspecified atom stereocenters. The van der Waals surface area contributed by atoms with Gasteiger partial charge in [0.2, 0.25) is 0 Å². The van der Waals surface area contributed by atoms with Crippen LogP contribution in [0.3, 0.4) is 0 Å². The molecule has 27 heavy (non-hydrogen) atoms. The van der Waals surface area contributed by atoms with Crippen LogP contribution in [0.1, 0.15) is 13.8 Å². The van der Waals surface area contributed by atoms with Gasteiger partial charge in [-0.3, -0.25) is 4.79 Å². The SMILES string of the molecule is CCOc1ccc(NC(=O)[C@@H](C)OC(=O)COc2ccc(F)cc2Cl)cc1. The van der Waals surface area contributed by atoms with Crippen LogP contribution in [0.15, 0.2) is 42.5 Å². The van der Waals surface area contributed by atoms with E-state index < -0.39 is 30.4 Å². The van der Waals surface area contributed by atoms with Crippen molar-refractivity contribution in [1.82, 2.24) is 0 Å². The summed E-state index contributed by atoms with van der Waals surface area (Å²) >= 11 is 5.80. The Kier molecular flexibility index (Phi) is 7.43. The molecule has 144 valence electrons. The smallest absolute Gasteiger partial charge is 0.344 e. The molecule has 0 saturated carbocycles. The Hall–Kier alpha value is -2.80. The minimum absolute atomic E-state index is 0.0316. The van der Waals surface area contributed by atoms with Crippen molar-refractivity contribution >= 4 is 29.2 Å². The summed E-state index contributed by atoms with van der Waals surface area (Å²) in [6.45, 7) is 3.39. The lowest BCUT2D eigenvalue weighted by Crippen LogP contribution is -2.31. The number of benzene rings is 2. The molecule has 0 bridgehead atoms. The first-order chi connectivity index (χ1) is 12.9. The van der Waals surface area contributed by atoms with Crippen molar-refractivity contribution in [2.75, 3.05) is 18.5 Å². The molecular formula is C19H19ClFNO5. The monoisotopic (exact) mass is 395 g/mol. The molecular weight excluding hydrogens is 377 g/mol. The zero-order valence-corrected chi connectivity index (χ0v) is 15.6. The van der Waals surface area contributed by atoms with Gasteiger partial charge >= 0.3 is 5.97 Å². The number of ether oxygens (including phenoxy) is 3. The van der Waals surface area contributed by atoms with E-state index in [9.17, 15) is 14.0 Å². The van der Waals surface area contributed by atoms with E-state index in [0.717, 1.165) is 12.1 Å². The van der Waals surface area contributed by atoms with Crippen LogP contribution in [0, 0.1) is 5.82 Å². The topological polar surface area (TPSA) is 73.9 Å². The van der Waals surface area contributed by atoms with Gasteiger partial charge < -0.3 is 19.5 Å². The number of nitrogens with one attached hydrogen (secondary N) is 1. The van der Waals surface area contributed by atoms with Crippen molar-refractivity contribution in [3.63, 3.8) is 0 Å². The molecule has 0 aliphatic rings. The highest BCUT2D eigenvalue weighted by molar-refractivity contribution is 6.32. The number of amides is 1. The lowest BCUT2D eigenvalue weighted by atomic mass is 10.3. The molecule has 0 aliphatic heterocycles. The van der Waals surface area contributed by atoms with Gasteiger partial charge in [0.25, 0.3) is 5.91 Å². The van der Waals surface area contributed by atoms with Crippen molar-refractivity contribution < 1.29 is 28.2 Å². The number of anilines is 1. The molecule has 6 nitrogen and oxygen atoms in total. The summed E-state index contributed by atoms with van der Waals surface area (Å²) in [5.41, 5.74) is 0.542. The number of esters is 1. The van der Waals surface area contributed by atoms with Crippen molar-refractivity contribution in [2.24, 2.45) is 0 Å². The summed E-state index contributed by atoms with van der Waals surface area (Å²) in [5, 5.41) is 2.66. The Balaban J connectivity index is 1.81. The van der Waals surface area contributed by atoms with Crippen LogP contribution >= 0.6 is 11.6 Å². The predicted octanol–water partition coefficient (Wildman–Crippen LogP) is 3.83. The van der Waals surface area contributed by atoms with Gasteiger partial charge in [0.1, 0.15) is 17.3 Å². The van der Waals surface area contributed by atoms with Crippen LogP contribution in [0.4, 0.5) is 10.1 Å². The lowest BCUT2D eigenvalue weighted by Gasteiger charge is -2.14. The molecule has 0 aromatic heterocycles. The highest BCUT2D eigenvalue weighted by Gasteiger charge is 2.18. The zero-order chi connectivity index (χ0) is 19.8. The summed E-state index contributed by atoms with van der Waals surface area (Å²) < 4.78 is 28.5. The zero-order valence-electron chi connectivity index (χ0n) is 14.8. The fraction of sp³-hybridized carbons (Fsp3) is 0.263. The van der Waals surface area contributed by atoms with Crippen LogP contribution in [0.25, 0.3) is 0 Å². The standard InChI is InChI=1S/C19H19ClFNO5/c1-3-25-15-7-5-14(6-8-15)22-19(24)12(2)27-18(23)11-26-17-9-4-13(21)10-16(17)20/h4-10,12H,3,11H2,1-2H3,(H,22,24)/t12-/m1/s1. The maximum absolute atomic E-state index is 13.0. The second-order valence-electron chi connectivity index (χ2n) is 5.44. The third kappa shape index (κ3) is 6.45. The summed E-state index contributed by atoms with van der Waals surface area (Å²) in [4.78, 5) is 23.9. The van der Waals surface area contributed by atoms with E-state index in [4.69, 9.17) is 25.8 Å². The molecule has 2 aromatic carbocycles. The number of rotatable bonds is 8. The number of hydrogen-bond donors (Lipinski definition) is 1. The van der Waals surface area contributed by atoms with E-state index in [2.05, 4.69) is 5.32 Å². The van der Waals surface area contributed by atoms with Gasteiger partial charge in [-0.2, -0.15) is 0 Å². The molecule has 0 fully saturated rings. The highest BCUT2D eigenvalue weighted by Crippen LogP contribution is 2.24. The summed E-state index contributed by atoms with van der Waals surface area (Å²) in [5.74, 6) is -0.945. The first kappa shape index (κ1) is 20.5. The van der Waals surface area contributed by atoms with Gasteiger partial charge in [0, 0.05) is 5.69 Å². The average Bonchev–Trinajstić information content (AvgIpc) is 2.62. The van der Waals surface area contributed by atoms with Crippen LogP contribution in [-0.4, -0.2) is 31.2 Å². The molecule has 2 aromatic rings. The highest BCUT2D eigenvalue weighted by atomic mass is 35.5. The van der Waals surface area contributed by atoms with Gasteiger partial charge in [0.05, 0.1) is 11.6 Å². The van der Waals surface area contributed by atoms with Gasteiger partial charge in [-0.1, -0.05) is 11.6 Å². The maximum Gasteiger partial charge on any atom is 0.344 e. The molecule has 1 amide bonds. The minimum atomic E-state index is -1.03. The fourth-order valence-electron chi connectivity index (χ4n) is 2.06. The molecule has 0 saturated heterocycles. The molecule has 1 N–H and O–H groups in total. The van der Waals surface area contributed by atoms with Gasteiger partial charge in [-0.05, 0) is 56.3 Å². The van der Waals surface area contributed by atoms with E-state index in [-0.39, 0.29) is 10.8 Å². The van der Waals surface area contributed by atoms with Gasteiger partial charge in [-0.25, -0.2) is 9.18 Å². The largest absolute Gasteiger partial charge is 0.494 e. The van der Waals surface area contributed by atoms with E-state index in [1.807, 2.05) is 6.92 Å². The van der Waals surface area contributed by atoms with Crippen LogP contribution < -0.4 is 14.8 Å². The number of hydrogen-bond acceptors (Lipinski definition) is 5. The first-order valence-corrected chi connectivity index (χ1v) is 8.58. The van der Waals surface area contributed by atoms with E-state index >= 15 is 0 Å². The minimum Gasteiger partial charge on any atom is -0.494 e. The van der Waals surface area contributed by atoms with Crippen molar-refractivity contribution in [1.29, 1.82) is 0 Å². The second-order valence-corrected chi connectivity index (χ2v) is 5.85. The van der Waals surface area contributed by atoms with Gasteiger partial charge in [-0.15, -0.1) is 0 Å². The first-order valence-electron chi connectivity index (χ1n) is 8.20. The predicted molar refractivity (Wildman–Crippen MR) is 98.7 cm³/mol. The number of carbonyl (C=O) groups is 2. The Morgan fingerprint density at radius 2 is 1.85 bits per heavy atom. The van der Waals surface area contributed by atoms with Gasteiger partial charge in [0.15, 0.2) is 12.7 Å². The van der Waals surface area contributed by atoms with Crippen LogP contribution in [0.5, 0.6) is 11.5 Å². The molecule has 2 rings (SSSR count). The Morgan fingerprint density at radius 1 is 1.15 bits per heavy atom. The normalized spacial score (nSPS) is 11.4. The van der Waals surface area contributed by atoms with Crippen molar-refractivity contribution in [2.45, 2.75) is 20.0 Å². The number of halogens is 2. The fourth-order valence-corrected chi connectivity index (χ4v) is 2.28. The van der Waals surface area contributed by atoms with Crippen LogP contribution in [-0.2, 0) is 14.3 Å². The van der Waals surface area contributed by atoms with Crippen molar-refractivity contribution in [3.8, 4) is 11.5 Å². The van der Waals surface area contributed by atoms with E-state index in [1.54, 1.807) is 24.3 Å². The summed E-state index contributed by atoms with van der Waals surface area (Å²) in [6, 6.07) is 10.3. The number of carbonyl (C=O) groups excluding carboxylic acids is 2. The molecule has 0 aliphatic carbocycles. The molecule has 0 spiro atoms. The van der Waals surface area contributed by atoms with E-state index in [1.165, 1.54) is 13.0 Å². The quantitative estimate of drug-likeness (QED) is 0.688. The Labute approximate surface area is 161 Å². The third-order valence-corrected chi connectivity index (χ3v) is 3.65. The lowest BCUT2D eigenvalue weighted by molar-refractivity contribution is -0.155. The Morgan fingerprint density at radius 3 is 2.48 bits per heavy atom. The molecule has 1 atom stereocenters. The second kappa shape index (κ2) is 9.78. The summed E-state index contributed by atoms with van der Waals surface area (Å²) in [7, 11) is 0.